The van der Waals surface area contributed by atoms with Crippen molar-refractivity contribution in [3.63, 3.8) is 0 Å². The van der Waals surface area contributed by atoms with E-state index in [0.29, 0.717) is 6.04 Å². The number of rotatable bonds is 6. The van der Waals surface area contributed by atoms with Crippen molar-refractivity contribution in [2.45, 2.75) is 52.5 Å². The first-order valence-electron chi connectivity index (χ1n) is 6.90. The van der Waals surface area contributed by atoms with Crippen molar-refractivity contribution in [2.24, 2.45) is 5.92 Å². The molecule has 96 valence electrons. The van der Waals surface area contributed by atoms with Crippen molar-refractivity contribution in [1.82, 2.24) is 5.32 Å². The van der Waals surface area contributed by atoms with Crippen LogP contribution in [0.15, 0.2) is 36.0 Å². The molecule has 1 rings (SSSR count). The second kappa shape index (κ2) is 7.50. The van der Waals surface area contributed by atoms with E-state index >= 15 is 0 Å². The topological polar surface area (TPSA) is 12.0 Å². The maximum Gasteiger partial charge on any atom is 0.0148 e. The molecule has 0 saturated heterocycles. The van der Waals surface area contributed by atoms with Crippen LogP contribution in [0.2, 0.25) is 0 Å². The minimum atomic E-state index is 0.614. The Hall–Kier alpha value is -0.820. The van der Waals surface area contributed by atoms with Gasteiger partial charge in [0.05, 0.1) is 0 Å². The summed E-state index contributed by atoms with van der Waals surface area (Å²) in [5, 5.41) is 3.66. The van der Waals surface area contributed by atoms with Gasteiger partial charge in [0.2, 0.25) is 0 Å². The van der Waals surface area contributed by atoms with Crippen LogP contribution in [-0.4, -0.2) is 12.6 Å². The third kappa shape index (κ3) is 4.91. The summed E-state index contributed by atoms with van der Waals surface area (Å²) in [6.07, 6.45) is 11.2. The van der Waals surface area contributed by atoms with E-state index in [4.69, 9.17) is 0 Å². The molecule has 0 aromatic heterocycles. The summed E-state index contributed by atoms with van der Waals surface area (Å²) in [6.45, 7) is 11.9. The van der Waals surface area contributed by atoms with E-state index < -0.39 is 0 Å². The highest BCUT2D eigenvalue weighted by atomic mass is 14.9. The standard InChI is InChI=1S/C16H27N/c1-5-7-8-15-12-16(11-14(15)4)17-10-9-13(3)6-2/h5,7-8,13,16-17H,4,6,9-12H2,1-3H3/b7-5-,15-8-. The van der Waals surface area contributed by atoms with Gasteiger partial charge in [0.15, 0.2) is 0 Å². The minimum Gasteiger partial charge on any atom is -0.313 e. The third-order valence-electron chi connectivity index (χ3n) is 3.67. The zero-order valence-electron chi connectivity index (χ0n) is 11.6. The Balaban J connectivity index is 2.32. The van der Waals surface area contributed by atoms with Gasteiger partial charge < -0.3 is 5.32 Å². The van der Waals surface area contributed by atoms with E-state index in [1.807, 2.05) is 0 Å². The molecule has 2 unspecified atom stereocenters. The molecule has 0 bridgehead atoms. The van der Waals surface area contributed by atoms with E-state index in [-0.39, 0.29) is 0 Å². The van der Waals surface area contributed by atoms with Crippen molar-refractivity contribution < 1.29 is 0 Å². The fourth-order valence-corrected chi connectivity index (χ4v) is 2.19. The van der Waals surface area contributed by atoms with E-state index in [2.05, 4.69) is 50.9 Å². The highest BCUT2D eigenvalue weighted by Gasteiger charge is 2.21. The average Bonchev–Trinajstić information content (AvgIpc) is 2.67. The first-order chi connectivity index (χ1) is 8.17. The molecule has 1 saturated carbocycles. The Morgan fingerprint density at radius 3 is 2.88 bits per heavy atom. The fraction of sp³-hybridized carbons (Fsp3) is 0.625. The van der Waals surface area contributed by atoms with Crippen LogP contribution in [0, 0.1) is 5.92 Å². The lowest BCUT2D eigenvalue weighted by atomic mass is 10.1. The Labute approximate surface area is 107 Å². The van der Waals surface area contributed by atoms with Crippen molar-refractivity contribution in [3.05, 3.63) is 36.0 Å². The Bertz CT molecular complexity index is 299. The van der Waals surface area contributed by atoms with Crippen LogP contribution in [-0.2, 0) is 0 Å². The number of hydrogen-bond donors (Lipinski definition) is 1. The van der Waals surface area contributed by atoms with Gasteiger partial charge in [-0.1, -0.05) is 50.6 Å². The van der Waals surface area contributed by atoms with Crippen molar-refractivity contribution in [3.8, 4) is 0 Å². The summed E-state index contributed by atoms with van der Waals surface area (Å²) in [5.74, 6) is 0.838. The maximum atomic E-state index is 4.16. The monoisotopic (exact) mass is 233 g/mol. The normalized spacial score (nSPS) is 25.0. The second-order valence-electron chi connectivity index (χ2n) is 5.18. The highest BCUT2D eigenvalue weighted by Crippen LogP contribution is 2.29. The van der Waals surface area contributed by atoms with Gasteiger partial charge in [-0.15, -0.1) is 0 Å². The lowest BCUT2D eigenvalue weighted by molar-refractivity contribution is 0.454. The highest BCUT2D eigenvalue weighted by molar-refractivity contribution is 5.37. The van der Waals surface area contributed by atoms with Crippen LogP contribution in [0.3, 0.4) is 0 Å². The Morgan fingerprint density at radius 1 is 1.47 bits per heavy atom. The van der Waals surface area contributed by atoms with E-state index in [1.54, 1.807) is 0 Å². The predicted molar refractivity (Wildman–Crippen MR) is 77.1 cm³/mol. The van der Waals surface area contributed by atoms with E-state index in [0.717, 1.165) is 25.3 Å². The summed E-state index contributed by atoms with van der Waals surface area (Å²) in [5.41, 5.74) is 2.73. The predicted octanol–water partition coefficient (Wildman–Crippen LogP) is 4.23. The largest absolute Gasteiger partial charge is 0.313 e. The van der Waals surface area contributed by atoms with Gasteiger partial charge in [-0.05, 0) is 44.2 Å². The minimum absolute atomic E-state index is 0.614. The summed E-state index contributed by atoms with van der Waals surface area (Å²) in [4.78, 5) is 0. The van der Waals surface area contributed by atoms with Crippen LogP contribution in [0.25, 0.3) is 0 Å². The van der Waals surface area contributed by atoms with E-state index in [9.17, 15) is 0 Å². The quantitative estimate of drug-likeness (QED) is 0.724. The fourth-order valence-electron chi connectivity index (χ4n) is 2.19. The van der Waals surface area contributed by atoms with Gasteiger partial charge >= 0.3 is 0 Å². The zero-order valence-corrected chi connectivity index (χ0v) is 11.6. The van der Waals surface area contributed by atoms with Gasteiger partial charge in [0.1, 0.15) is 0 Å². The molecule has 1 aliphatic carbocycles. The third-order valence-corrected chi connectivity index (χ3v) is 3.67. The maximum absolute atomic E-state index is 4.16. The summed E-state index contributed by atoms with van der Waals surface area (Å²) in [7, 11) is 0. The molecule has 0 amide bonds. The first kappa shape index (κ1) is 14.2. The summed E-state index contributed by atoms with van der Waals surface area (Å²) in [6, 6.07) is 0.614. The Morgan fingerprint density at radius 2 is 2.24 bits per heavy atom. The smallest absolute Gasteiger partial charge is 0.0148 e. The molecule has 0 aliphatic heterocycles. The van der Waals surface area contributed by atoms with Crippen LogP contribution in [0.4, 0.5) is 0 Å². The van der Waals surface area contributed by atoms with E-state index in [1.165, 1.54) is 24.0 Å². The van der Waals surface area contributed by atoms with Crippen LogP contribution >= 0.6 is 0 Å². The molecule has 1 nitrogen and oxygen atoms in total. The van der Waals surface area contributed by atoms with Gasteiger partial charge in [0, 0.05) is 6.04 Å². The SMILES string of the molecule is C=C1CC(NCCC(C)CC)C/C1=C/C=C\C. The molecule has 17 heavy (non-hydrogen) atoms. The number of nitrogens with one attached hydrogen (secondary N) is 1. The summed E-state index contributed by atoms with van der Waals surface area (Å²) < 4.78 is 0. The molecular formula is C16H27N. The van der Waals surface area contributed by atoms with Crippen LogP contribution in [0.1, 0.15) is 46.5 Å². The molecule has 2 atom stereocenters. The molecule has 1 aliphatic rings. The second-order valence-corrected chi connectivity index (χ2v) is 5.18. The molecule has 0 spiro atoms. The molecule has 0 aromatic rings. The molecule has 0 heterocycles. The first-order valence-corrected chi connectivity index (χ1v) is 6.90. The number of hydrogen-bond acceptors (Lipinski definition) is 1. The average molecular weight is 233 g/mol. The van der Waals surface area contributed by atoms with Crippen LogP contribution in [0.5, 0.6) is 0 Å². The molecule has 0 aromatic carbocycles. The molecule has 1 N–H and O–H groups in total. The van der Waals surface area contributed by atoms with Crippen molar-refractivity contribution >= 4 is 0 Å². The van der Waals surface area contributed by atoms with Crippen molar-refractivity contribution in [1.29, 1.82) is 0 Å². The molecular weight excluding hydrogens is 206 g/mol. The summed E-state index contributed by atoms with van der Waals surface area (Å²) >= 11 is 0. The van der Waals surface area contributed by atoms with Gasteiger partial charge in [0.25, 0.3) is 0 Å². The van der Waals surface area contributed by atoms with Gasteiger partial charge in [-0.25, -0.2) is 0 Å². The van der Waals surface area contributed by atoms with Crippen LogP contribution < -0.4 is 5.32 Å². The Kier molecular flexibility index (Phi) is 6.28. The van der Waals surface area contributed by atoms with Gasteiger partial charge in [-0.2, -0.15) is 0 Å². The molecule has 1 fully saturated rings. The zero-order chi connectivity index (χ0) is 12.7. The lowest BCUT2D eigenvalue weighted by Gasteiger charge is -2.13. The molecule has 1 heteroatoms. The number of allylic oxidation sites excluding steroid dienone is 3. The molecule has 0 radical (unpaired) electrons. The lowest BCUT2D eigenvalue weighted by Crippen LogP contribution is -2.28. The van der Waals surface area contributed by atoms with Gasteiger partial charge in [-0.3, -0.25) is 0 Å². The van der Waals surface area contributed by atoms with Crippen molar-refractivity contribution in [2.75, 3.05) is 6.54 Å².